The molecule has 1 aromatic heterocycles. The minimum Gasteiger partial charge on any atom is -0.328 e. The van der Waals surface area contributed by atoms with Crippen LogP contribution in [0.25, 0.3) is 0 Å². The molecule has 6 nitrogen and oxygen atoms in total. The third-order valence-electron chi connectivity index (χ3n) is 6.80. The maximum Gasteiger partial charge on any atom is 0.254 e. The van der Waals surface area contributed by atoms with E-state index >= 15 is 0 Å². The van der Waals surface area contributed by atoms with E-state index in [-0.39, 0.29) is 17.2 Å². The zero-order valence-corrected chi connectivity index (χ0v) is 19.0. The highest BCUT2D eigenvalue weighted by atomic mass is 32.1. The summed E-state index contributed by atoms with van der Waals surface area (Å²) in [6.07, 6.45) is 4.03. The molecule has 0 bridgehead atoms. The fourth-order valence-corrected chi connectivity index (χ4v) is 5.62. The van der Waals surface area contributed by atoms with Crippen LogP contribution in [0.3, 0.4) is 0 Å². The van der Waals surface area contributed by atoms with Crippen LogP contribution in [0.15, 0.2) is 24.3 Å². The number of rotatable bonds is 4. The van der Waals surface area contributed by atoms with Gasteiger partial charge in [-0.15, -0.1) is 10.2 Å². The molecule has 0 spiro atoms. The van der Waals surface area contributed by atoms with Gasteiger partial charge in [-0.3, -0.25) is 9.59 Å². The van der Waals surface area contributed by atoms with Crippen LogP contribution < -0.4 is 5.32 Å². The minimum absolute atomic E-state index is 0.0550. The topological polar surface area (TPSA) is 75.2 Å². The fraction of sp³-hybridized carbons (Fsp3) is 0.565. The first-order chi connectivity index (χ1) is 14.2. The largest absolute Gasteiger partial charge is 0.328 e. The summed E-state index contributed by atoms with van der Waals surface area (Å²) in [5.41, 5.74) is 1.60. The smallest absolute Gasteiger partial charge is 0.254 e. The Bertz CT molecular complexity index is 954. The molecule has 0 unspecified atom stereocenters. The summed E-state index contributed by atoms with van der Waals surface area (Å²) in [7, 11) is 0. The van der Waals surface area contributed by atoms with E-state index in [1.807, 2.05) is 36.1 Å². The Kier molecular flexibility index (Phi) is 5.43. The van der Waals surface area contributed by atoms with E-state index in [2.05, 4.69) is 36.3 Å². The molecule has 2 amide bonds. The van der Waals surface area contributed by atoms with E-state index in [9.17, 15) is 9.59 Å². The van der Waals surface area contributed by atoms with Crippen LogP contribution >= 0.6 is 11.3 Å². The monoisotopic (exact) mass is 426 g/mol. The highest BCUT2D eigenvalue weighted by Gasteiger charge is 2.48. The molecular weight excluding hydrogens is 396 g/mol. The molecule has 30 heavy (non-hydrogen) atoms. The van der Waals surface area contributed by atoms with Crippen LogP contribution in [0.2, 0.25) is 0 Å². The number of hydrogen-bond donors (Lipinski definition) is 1. The molecule has 1 fully saturated rings. The molecule has 7 heteroatoms. The molecule has 0 saturated heterocycles. The Balaban J connectivity index is 1.58. The standard InChI is InChI=1S/C23H30N4O2S/c1-15-25-26-21(30-15)24-19(28)13-23(11-9-17(10-12-23)22(2,3)4)27-14-16-7-5-6-8-18(16)20(27)29/h5-8,17H,9-14H2,1-4H3,(H,24,26,28). The zero-order chi connectivity index (χ0) is 21.5. The maximum absolute atomic E-state index is 13.3. The van der Waals surface area contributed by atoms with Gasteiger partial charge in [-0.25, -0.2) is 0 Å². The van der Waals surface area contributed by atoms with Crippen LogP contribution in [0.4, 0.5) is 5.13 Å². The highest BCUT2D eigenvalue weighted by molar-refractivity contribution is 7.15. The quantitative estimate of drug-likeness (QED) is 0.761. The summed E-state index contributed by atoms with van der Waals surface area (Å²) in [6, 6.07) is 7.80. The van der Waals surface area contributed by atoms with Crippen LogP contribution in [0, 0.1) is 18.3 Å². The summed E-state index contributed by atoms with van der Waals surface area (Å²) in [4.78, 5) is 28.3. The summed E-state index contributed by atoms with van der Waals surface area (Å²) >= 11 is 1.37. The number of hydrogen-bond acceptors (Lipinski definition) is 5. The average Bonchev–Trinajstić information content (AvgIpc) is 3.25. The Morgan fingerprint density at radius 3 is 2.53 bits per heavy atom. The number of carbonyl (C=O) groups excluding carboxylic acids is 2. The summed E-state index contributed by atoms with van der Waals surface area (Å²) < 4.78 is 0. The van der Waals surface area contributed by atoms with Gasteiger partial charge in [0.15, 0.2) is 0 Å². The number of anilines is 1. The Morgan fingerprint density at radius 2 is 1.93 bits per heavy atom. The van der Waals surface area contributed by atoms with E-state index in [1.165, 1.54) is 11.3 Å². The predicted octanol–water partition coefficient (Wildman–Crippen LogP) is 4.81. The molecule has 2 aromatic rings. The SMILES string of the molecule is Cc1nnc(NC(=O)CC2(N3Cc4ccccc4C3=O)CCC(C(C)(C)C)CC2)s1. The molecule has 0 radical (unpaired) electrons. The van der Waals surface area contributed by atoms with E-state index in [1.54, 1.807) is 0 Å². The van der Waals surface area contributed by atoms with E-state index in [0.717, 1.165) is 41.8 Å². The van der Waals surface area contributed by atoms with Crippen molar-refractivity contribution >= 4 is 28.3 Å². The fourth-order valence-electron chi connectivity index (χ4n) is 5.01. The van der Waals surface area contributed by atoms with Gasteiger partial charge in [-0.2, -0.15) is 0 Å². The lowest BCUT2D eigenvalue weighted by atomic mass is 9.66. The summed E-state index contributed by atoms with van der Waals surface area (Å²) in [5.74, 6) is 0.558. The number of amides is 2. The van der Waals surface area contributed by atoms with Crippen molar-refractivity contribution in [3.05, 3.63) is 40.4 Å². The van der Waals surface area contributed by atoms with Gasteiger partial charge < -0.3 is 10.2 Å². The molecule has 1 aromatic carbocycles. The number of aromatic nitrogens is 2. The van der Waals surface area contributed by atoms with Gasteiger partial charge in [0, 0.05) is 12.1 Å². The highest BCUT2D eigenvalue weighted by Crippen LogP contribution is 2.47. The molecule has 160 valence electrons. The number of nitrogens with zero attached hydrogens (tertiary/aromatic N) is 3. The molecular formula is C23H30N4O2S. The van der Waals surface area contributed by atoms with Crippen LogP contribution in [-0.4, -0.2) is 32.5 Å². The van der Waals surface area contributed by atoms with Crippen LogP contribution in [-0.2, 0) is 11.3 Å². The van der Waals surface area contributed by atoms with Gasteiger partial charge in [-0.1, -0.05) is 50.3 Å². The lowest BCUT2D eigenvalue weighted by Gasteiger charge is -2.48. The molecule has 1 saturated carbocycles. The second-order valence-corrected chi connectivity index (χ2v) is 10.9. The van der Waals surface area contributed by atoms with Gasteiger partial charge in [-0.05, 0) is 55.6 Å². The van der Waals surface area contributed by atoms with Crippen molar-refractivity contribution in [2.24, 2.45) is 11.3 Å². The van der Waals surface area contributed by atoms with Crippen molar-refractivity contribution in [2.75, 3.05) is 5.32 Å². The Labute approximate surface area is 182 Å². The van der Waals surface area contributed by atoms with Crippen LogP contribution in [0.1, 0.15) is 73.8 Å². The first-order valence-electron chi connectivity index (χ1n) is 10.7. The lowest BCUT2D eigenvalue weighted by Crippen LogP contribution is -2.53. The first kappa shape index (κ1) is 21.0. The number of nitrogens with one attached hydrogen (secondary N) is 1. The third kappa shape index (κ3) is 4.00. The van der Waals surface area contributed by atoms with E-state index in [4.69, 9.17) is 0 Å². The molecule has 1 aliphatic carbocycles. The Hall–Kier alpha value is -2.28. The van der Waals surface area contributed by atoms with Crippen molar-refractivity contribution in [1.29, 1.82) is 0 Å². The van der Waals surface area contributed by atoms with Crippen molar-refractivity contribution in [1.82, 2.24) is 15.1 Å². The average molecular weight is 427 g/mol. The van der Waals surface area contributed by atoms with Crippen LogP contribution in [0.5, 0.6) is 0 Å². The molecule has 1 N–H and O–H groups in total. The predicted molar refractivity (Wildman–Crippen MR) is 118 cm³/mol. The number of aryl methyl sites for hydroxylation is 1. The van der Waals surface area contributed by atoms with E-state index < -0.39 is 5.54 Å². The lowest BCUT2D eigenvalue weighted by molar-refractivity contribution is -0.119. The minimum atomic E-state index is -0.457. The third-order valence-corrected chi connectivity index (χ3v) is 7.55. The molecule has 0 atom stereocenters. The molecule has 2 heterocycles. The summed E-state index contributed by atoms with van der Waals surface area (Å²) in [5, 5.41) is 12.2. The van der Waals surface area contributed by atoms with Crippen molar-refractivity contribution in [2.45, 2.75) is 71.9 Å². The maximum atomic E-state index is 13.3. The second-order valence-electron chi connectivity index (χ2n) is 9.76. The van der Waals surface area contributed by atoms with Gasteiger partial charge in [0.25, 0.3) is 5.91 Å². The van der Waals surface area contributed by atoms with Gasteiger partial charge in [0.2, 0.25) is 11.0 Å². The number of fused-ring (bicyclic) bond motifs is 1. The van der Waals surface area contributed by atoms with Gasteiger partial charge in [0.05, 0.1) is 12.0 Å². The molecule has 1 aliphatic heterocycles. The van der Waals surface area contributed by atoms with Crippen molar-refractivity contribution in [3.8, 4) is 0 Å². The second kappa shape index (κ2) is 7.76. The van der Waals surface area contributed by atoms with Crippen molar-refractivity contribution in [3.63, 3.8) is 0 Å². The number of benzene rings is 1. The summed E-state index contributed by atoms with van der Waals surface area (Å²) in [6.45, 7) is 9.30. The van der Waals surface area contributed by atoms with Gasteiger partial charge >= 0.3 is 0 Å². The normalized spacial score (nSPS) is 24.1. The van der Waals surface area contributed by atoms with E-state index in [0.29, 0.717) is 24.0 Å². The molecule has 4 rings (SSSR count). The van der Waals surface area contributed by atoms with Crippen molar-refractivity contribution < 1.29 is 9.59 Å². The zero-order valence-electron chi connectivity index (χ0n) is 18.2. The molecule has 2 aliphatic rings. The Morgan fingerprint density at radius 1 is 1.23 bits per heavy atom. The van der Waals surface area contributed by atoms with Gasteiger partial charge in [0.1, 0.15) is 5.01 Å². The first-order valence-corrected chi connectivity index (χ1v) is 11.5. The number of carbonyl (C=O) groups is 2.